The first kappa shape index (κ1) is 18.1. The molecule has 0 saturated carbocycles. The van der Waals surface area contributed by atoms with Gasteiger partial charge in [0.15, 0.2) is 0 Å². The second-order valence-corrected chi connectivity index (χ2v) is 6.70. The Morgan fingerprint density at radius 1 is 1.00 bits per heavy atom. The van der Waals surface area contributed by atoms with Crippen LogP contribution in [0.25, 0.3) is 0 Å². The lowest BCUT2D eigenvalue weighted by Crippen LogP contribution is -2.31. The van der Waals surface area contributed by atoms with Crippen molar-refractivity contribution in [3.05, 3.63) is 71.3 Å². The van der Waals surface area contributed by atoms with E-state index in [1.807, 2.05) is 54.6 Å². The van der Waals surface area contributed by atoms with Crippen LogP contribution >= 0.6 is 0 Å². The maximum atomic E-state index is 9.80. The van der Waals surface area contributed by atoms with Crippen LogP contribution in [-0.4, -0.2) is 17.8 Å². The molecule has 1 aliphatic heterocycles. The number of hydrogen-bond donors (Lipinski definition) is 1. The monoisotopic (exact) mass is 340 g/mol. The standard InChI is InChI=1S/C22H28O3/c1-2-3-4-8-14-20-17-24-22(25-20,19-12-6-5-7-13-19)21-15-10-9-11-18(21)16-23/h5-7,9-13,15,20,23H,2-4,8,14,16-17H2,1H3. The SMILES string of the molecule is CCCCCCC1COC(c2ccccc2)(c2ccccc2CO)O1. The van der Waals surface area contributed by atoms with Crippen molar-refractivity contribution in [3.63, 3.8) is 0 Å². The minimum absolute atomic E-state index is 0.0291. The largest absolute Gasteiger partial charge is 0.392 e. The zero-order valence-electron chi connectivity index (χ0n) is 15.0. The van der Waals surface area contributed by atoms with Crippen molar-refractivity contribution in [3.8, 4) is 0 Å². The molecule has 0 bridgehead atoms. The number of rotatable bonds is 8. The summed E-state index contributed by atoms with van der Waals surface area (Å²) in [5.74, 6) is -0.921. The van der Waals surface area contributed by atoms with Crippen molar-refractivity contribution in [2.24, 2.45) is 0 Å². The van der Waals surface area contributed by atoms with Gasteiger partial charge >= 0.3 is 0 Å². The van der Waals surface area contributed by atoms with Crippen molar-refractivity contribution in [2.75, 3.05) is 6.61 Å². The molecule has 134 valence electrons. The van der Waals surface area contributed by atoms with E-state index in [9.17, 15) is 5.11 Å². The van der Waals surface area contributed by atoms with Gasteiger partial charge in [-0.1, -0.05) is 87.2 Å². The summed E-state index contributed by atoms with van der Waals surface area (Å²) in [4.78, 5) is 0. The van der Waals surface area contributed by atoms with Crippen LogP contribution in [0.15, 0.2) is 54.6 Å². The van der Waals surface area contributed by atoms with E-state index in [-0.39, 0.29) is 12.7 Å². The Morgan fingerprint density at radius 2 is 1.76 bits per heavy atom. The minimum Gasteiger partial charge on any atom is -0.392 e. The first-order valence-corrected chi connectivity index (χ1v) is 9.36. The molecule has 1 fully saturated rings. The van der Waals surface area contributed by atoms with Gasteiger partial charge in [0.25, 0.3) is 0 Å². The highest BCUT2D eigenvalue weighted by Gasteiger charge is 2.45. The van der Waals surface area contributed by atoms with E-state index in [1.165, 1.54) is 19.3 Å². The quantitative estimate of drug-likeness (QED) is 0.704. The van der Waals surface area contributed by atoms with E-state index in [4.69, 9.17) is 9.47 Å². The summed E-state index contributed by atoms with van der Waals surface area (Å²) in [5.41, 5.74) is 2.73. The highest BCUT2D eigenvalue weighted by molar-refractivity contribution is 5.39. The third-order valence-electron chi connectivity index (χ3n) is 4.88. The molecule has 3 rings (SSSR count). The Balaban J connectivity index is 1.88. The number of unbranched alkanes of at least 4 members (excludes halogenated alkanes) is 3. The lowest BCUT2D eigenvalue weighted by molar-refractivity contribution is -0.144. The number of hydrogen-bond acceptors (Lipinski definition) is 3. The second kappa shape index (κ2) is 8.61. The predicted molar refractivity (Wildman–Crippen MR) is 99.2 cm³/mol. The van der Waals surface area contributed by atoms with Gasteiger partial charge in [0.05, 0.1) is 19.3 Å². The van der Waals surface area contributed by atoms with Gasteiger partial charge in [-0.3, -0.25) is 0 Å². The summed E-state index contributed by atoms with van der Waals surface area (Å²) in [7, 11) is 0. The number of aliphatic hydroxyl groups excluding tert-OH is 1. The van der Waals surface area contributed by atoms with Crippen LogP contribution in [0, 0.1) is 0 Å². The van der Waals surface area contributed by atoms with Crippen molar-refractivity contribution < 1.29 is 14.6 Å². The Labute approximate surface area is 150 Å². The van der Waals surface area contributed by atoms with Crippen LogP contribution in [0.1, 0.15) is 55.7 Å². The highest BCUT2D eigenvalue weighted by Crippen LogP contribution is 2.42. The fourth-order valence-corrected chi connectivity index (χ4v) is 3.54. The van der Waals surface area contributed by atoms with Gasteiger partial charge in [0, 0.05) is 11.1 Å². The van der Waals surface area contributed by atoms with Crippen LogP contribution in [0.4, 0.5) is 0 Å². The number of benzene rings is 2. The Morgan fingerprint density at radius 3 is 2.52 bits per heavy atom. The maximum Gasteiger partial charge on any atom is 0.223 e. The second-order valence-electron chi connectivity index (χ2n) is 6.70. The van der Waals surface area contributed by atoms with Crippen molar-refractivity contribution in [1.29, 1.82) is 0 Å². The summed E-state index contributed by atoms with van der Waals surface area (Å²) in [5, 5.41) is 9.80. The average molecular weight is 340 g/mol. The first-order chi connectivity index (χ1) is 12.3. The molecule has 0 spiro atoms. The summed E-state index contributed by atoms with van der Waals surface area (Å²) < 4.78 is 12.8. The molecule has 0 amide bonds. The zero-order chi connectivity index (χ0) is 17.5. The van der Waals surface area contributed by atoms with Gasteiger partial charge in [0.1, 0.15) is 0 Å². The molecule has 25 heavy (non-hydrogen) atoms. The van der Waals surface area contributed by atoms with Crippen molar-refractivity contribution >= 4 is 0 Å². The molecule has 1 saturated heterocycles. The lowest BCUT2D eigenvalue weighted by Gasteiger charge is -2.31. The van der Waals surface area contributed by atoms with E-state index < -0.39 is 5.79 Å². The topological polar surface area (TPSA) is 38.7 Å². The average Bonchev–Trinajstić information content (AvgIpc) is 3.11. The lowest BCUT2D eigenvalue weighted by atomic mass is 9.93. The molecule has 2 unspecified atom stereocenters. The van der Waals surface area contributed by atoms with Gasteiger partial charge in [-0.25, -0.2) is 0 Å². The first-order valence-electron chi connectivity index (χ1n) is 9.36. The van der Waals surface area contributed by atoms with Crippen LogP contribution in [0.3, 0.4) is 0 Å². The van der Waals surface area contributed by atoms with Crippen LogP contribution in [0.5, 0.6) is 0 Å². The van der Waals surface area contributed by atoms with E-state index in [0.717, 1.165) is 29.5 Å². The molecular weight excluding hydrogens is 312 g/mol. The molecule has 0 aromatic heterocycles. The molecule has 1 N–H and O–H groups in total. The number of ether oxygens (including phenoxy) is 2. The Kier molecular flexibility index (Phi) is 6.24. The summed E-state index contributed by atoms with van der Waals surface area (Å²) >= 11 is 0. The third kappa shape index (κ3) is 3.95. The molecule has 3 nitrogen and oxygen atoms in total. The molecule has 3 heteroatoms. The van der Waals surface area contributed by atoms with E-state index in [0.29, 0.717) is 6.61 Å². The van der Waals surface area contributed by atoms with Gasteiger partial charge in [-0.05, 0) is 12.0 Å². The van der Waals surface area contributed by atoms with Gasteiger partial charge < -0.3 is 14.6 Å². The van der Waals surface area contributed by atoms with Crippen molar-refractivity contribution in [2.45, 2.75) is 57.5 Å². The molecule has 2 aromatic carbocycles. The molecule has 0 radical (unpaired) electrons. The molecular formula is C22H28O3. The predicted octanol–water partition coefficient (Wildman–Crippen LogP) is 4.77. The number of aliphatic hydroxyl groups is 1. The summed E-state index contributed by atoms with van der Waals surface area (Å²) in [6, 6.07) is 17.9. The summed E-state index contributed by atoms with van der Waals surface area (Å²) in [6.07, 6.45) is 6.00. The highest BCUT2D eigenvalue weighted by atomic mass is 16.7. The Bertz CT molecular complexity index is 655. The third-order valence-corrected chi connectivity index (χ3v) is 4.88. The smallest absolute Gasteiger partial charge is 0.223 e. The van der Waals surface area contributed by atoms with E-state index in [1.54, 1.807) is 0 Å². The van der Waals surface area contributed by atoms with Gasteiger partial charge in [0.2, 0.25) is 5.79 Å². The zero-order valence-corrected chi connectivity index (χ0v) is 15.0. The van der Waals surface area contributed by atoms with Crippen LogP contribution in [0.2, 0.25) is 0 Å². The molecule has 0 aliphatic carbocycles. The molecule has 1 aliphatic rings. The molecule has 2 atom stereocenters. The normalized spacial score (nSPS) is 23.0. The fourth-order valence-electron chi connectivity index (χ4n) is 3.54. The maximum absolute atomic E-state index is 9.80. The molecule has 2 aromatic rings. The van der Waals surface area contributed by atoms with Crippen LogP contribution in [-0.2, 0) is 21.9 Å². The minimum atomic E-state index is -0.921. The van der Waals surface area contributed by atoms with E-state index >= 15 is 0 Å². The van der Waals surface area contributed by atoms with Gasteiger partial charge in [-0.2, -0.15) is 0 Å². The van der Waals surface area contributed by atoms with Crippen molar-refractivity contribution in [1.82, 2.24) is 0 Å². The van der Waals surface area contributed by atoms with Crippen LogP contribution < -0.4 is 0 Å². The van der Waals surface area contributed by atoms with Gasteiger partial charge in [-0.15, -0.1) is 0 Å². The Hall–Kier alpha value is -1.68. The van der Waals surface area contributed by atoms with E-state index in [2.05, 4.69) is 6.92 Å². The summed E-state index contributed by atoms with van der Waals surface area (Å²) in [6.45, 7) is 2.78. The fraction of sp³-hybridized carbons (Fsp3) is 0.455. The molecule has 1 heterocycles.